The SMILES string of the molecule is Cc1sc2nc(CS[C@@H](C)C(=O)OCC(=O)NC3CC3)[nH]c(=O)c2c1C. The predicted molar refractivity (Wildman–Crippen MR) is 103 cm³/mol. The number of thiophene rings is 1. The fraction of sp³-hybridized carbons (Fsp3) is 0.529. The molecule has 7 nitrogen and oxygen atoms in total. The molecule has 0 bridgehead atoms. The number of thioether (sulfide) groups is 1. The van der Waals surface area contributed by atoms with Crippen molar-refractivity contribution in [2.45, 2.75) is 50.7 Å². The van der Waals surface area contributed by atoms with E-state index in [0.29, 0.717) is 21.8 Å². The maximum absolute atomic E-state index is 12.2. The molecule has 0 aliphatic heterocycles. The van der Waals surface area contributed by atoms with E-state index in [1.54, 1.807) is 6.92 Å². The molecule has 0 saturated heterocycles. The smallest absolute Gasteiger partial charge is 0.319 e. The van der Waals surface area contributed by atoms with Gasteiger partial charge in [-0.1, -0.05) is 0 Å². The number of aromatic nitrogens is 2. The molecule has 26 heavy (non-hydrogen) atoms. The number of amides is 1. The third kappa shape index (κ3) is 4.45. The van der Waals surface area contributed by atoms with Gasteiger partial charge in [-0.3, -0.25) is 14.4 Å². The van der Waals surface area contributed by atoms with Crippen molar-refractivity contribution in [2.75, 3.05) is 6.61 Å². The number of carbonyl (C=O) groups is 2. The number of hydrogen-bond acceptors (Lipinski definition) is 7. The molecule has 1 fully saturated rings. The zero-order valence-corrected chi connectivity index (χ0v) is 16.5. The van der Waals surface area contributed by atoms with E-state index in [9.17, 15) is 14.4 Å². The van der Waals surface area contributed by atoms with Crippen LogP contribution < -0.4 is 10.9 Å². The van der Waals surface area contributed by atoms with Gasteiger partial charge in [0.25, 0.3) is 11.5 Å². The normalized spacial score (nSPS) is 15.0. The molecule has 0 spiro atoms. The first-order valence-corrected chi connectivity index (χ1v) is 10.3. The third-order valence-electron chi connectivity index (χ3n) is 4.18. The van der Waals surface area contributed by atoms with E-state index in [1.807, 2.05) is 13.8 Å². The highest BCUT2D eigenvalue weighted by atomic mass is 32.2. The van der Waals surface area contributed by atoms with Crippen molar-refractivity contribution in [1.29, 1.82) is 0 Å². The third-order valence-corrected chi connectivity index (χ3v) is 6.41. The molecule has 0 radical (unpaired) electrons. The van der Waals surface area contributed by atoms with Crippen molar-refractivity contribution < 1.29 is 14.3 Å². The van der Waals surface area contributed by atoms with Gasteiger partial charge in [0.05, 0.1) is 11.1 Å². The topological polar surface area (TPSA) is 101 Å². The quantitative estimate of drug-likeness (QED) is 0.696. The summed E-state index contributed by atoms with van der Waals surface area (Å²) in [5, 5.41) is 2.94. The first kappa shape index (κ1) is 18.9. The molecule has 3 rings (SSSR count). The Morgan fingerprint density at radius 3 is 2.85 bits per heavy atom. The highest BCUT2D eigenvalue weighted by Gasteiger charge is 2.24. The molecule has 1 saturated carbocycles. The monoisotopic (exact) mass is 395 g/mol. The number of fused-ring (bicyclic) bond motifs is 1. The van der Waals surface area contributed by atoms with E-state index < -0.39 is 11.2 Å². The second kappa shape index (κ2) is 7.79. The van der Waals surface area contributed by atoms with E-state index in [1.165, 1.54) is 23.1 Å². The second-order valence-corrected chi connectivity index (χ2v) is 8.91. The largest absolute Gasteiger partial charge is 0.455 e. The van der Waals surface area contributed by atoms with Gasteiger partial charge in [-0.25, -0.2) is 4.98 Å². The number of nitrogens with zero attached hydrogens (tertiary/aromatic N) is 1. The van der Waals surface area contributed by atoms with Crippen LogP contribution in [0.1, 0.15) is 36.0 Å². The molecule has 1 atom stereocenters. The lowest BCUT2D eigenvalue weighted by Gasteiger charge is -2.11. The number of ether oxygens (including phenoxy) is 1. The standard InChI is InChI=1S/C17H21N3O4S2/c1-8-9(2)26-16-14(8)15(22)19-12(20-16)7-25-10(3)17(23)24-6-13(21)18-11-4-5-11/h10-11H,4-7H2,1-3H3,(H,18,21)(H,19,20,22)/t10-/m0/s1. The summed E-state index contributed by atoms with van der Waals surface area (Å²) in [6.07, 6.45) is 1.98. The number of hydrogen-bond donors (Lipinski definition) is 2. The van der Waals surface area contributed by atoms with Crippen molar-refractivity contribution in [1.82, 2.24) is 15.3 Å². The summed E-state index contributed by atoms with van der Waals surface area (Å²) < 4.78 is 5.03. The van der Waals surface area contributed by atoms with Crippen LogP contribution >= 0.6 is 23.1 Å². The average molecular weight is 396 g/mol. The number of aromatic amines is 1. The molecule has 140 valence electrons. The first-order chi connectivity index (χ1) is 12.3. The number of esters is 1. The van der Waals surface area contributed by atoms with Crippen LogP contribution in [0.15, 0.2) is 4.79 Å². The minimum atomic E-state index is -0.462. The Balaban J connectivity index is 1.54. The van der Waals surface area contributed by atoms with Crippen LogP contribution in [0.25, 0.3) is 10.2 Å². The van der Waals surface area contributed by atoms with Gasteiger partial charge >= 0.3 is 5.97 Å². The maximum atomic E-state index is 12.2. The summed E-state index contributed by atoms with van der Waals surface area (Å²) in [5.74, 6) is 0.191. The van der Waals surface area contributed by atoms with Crippen LogP contribution in [-0.4, -0.2) is 39.7 Å². The lowest BCUT2D eigenvalue weighted by molar-refractivity contribution is -0.147. The molecule has 1 amide bonds. The fourth-order valence-electron chi connectivity index (χ4n) is 2.39. The van der Waals surface area contributed by atoms with Gasteiger partial charge < -0.3 is 15.0 Å². The summed E-state index contributed by atoms with van der Waals surface area (Å²) in [7, 11) is 0. The van der Waals surface area contributed by atoms with Crippen LogP contribution in [0, 0.1) is 13.8 Å². The zero-order chi connectivity index (χ0) is 18.8. The molecule has 0 unspecified atom stereocenters. The van der Waals surface area contributed by atoms with Crippen LogP contribution in [0.2, 0.25) is 0 Å². The molecule has 2 heterocycles. The maximum Gasteiger partial charge on any atom is 0.319 e. The van der Waals surface area contributed by atoms with Gasteiger partial charge in [0.15, 0.2) is 6.61 Å². The van der Waals surface area contributed by atoms with Gasteiger partial charge in [0, 0.05) is 10.9 Å². The van der Waals surface area contributed by atoms with Crippen molar-refractivity contribution in [2.24, 2.45) is 0 Å². The molecule has 0 aromatic carbocycles. The highest BCUT2D eigenvalue weighted by Crippen LogP contribution is 2.26. The molecule has 2 aromatic rings. The van der Waals surface area contributed by atoms with E-state index in [4.69, 9.17) is 4.74 Å². The van der Waals surface area contributed by atoms with Crippen molar-refractivity contribution in [3.63, 3.8) is 0 Å². The number of nitrogens with one attached hydrogen (secondary N) is 2. The van der Waals surface area contributed by atoms with E-state index >= 15 is 0 Å². The van der Waals surface area contributed by atoms with Gasteiger partial charge in [-0.05, 0) is 39.2 Å². The summed E-state index contributed by atoms with van der Waals surface area (Å²) in [6.45, 7) is 5.33. The van der Waals surface area contributed by atoms with Crippen LogP contribution in [0.3, 0.4) is 0 Å². The Hall–Kier alpha value is -1.87. The van der Waals surface area contributed by atoms with Crippen LogP contribution in [0.5, 0.6) is 0 Å². The van der Waals surface area contributed by atoms with E-state index in [-0.39, 0.29) is 24.1 Å². The lowest BCUT2D eigenvalue weighted by Crippen LogP contribution is -2.31. The molecular weight excluding hydrogens is 374 g/mol. The minimum absolute atomic E-state index is 0.153. The summed E-state index contributed by atoms with van der Waals surface area (Å²) in [6, 6.07) is 0.246. The average Bonchev–Trinajstić information content (AvgIpc) is 3.35. The molecular formula is C17H21N3O4S2. The Morgan fingerprint density at radius 2 is 2.15 bits per heavy atom. The molecule has 9 heteroatoms. The molecule has 2 aromatic heterocycles. The second-order valence-electron chi connectivity index (χ2n) is 6.38. The first-order valence-electron chi connectivity index (χ1n) is 8.41. The van der Waals surface area contributed by atoms with Gasteiger partial charge in [0.2, 0.25) is 0 Å². The Morgan fingerprint density at radius 1 is 1.42 bits per heavy atom. The van der Waals surface area contributed by atoms with Gasteiger partial charge in [0.1, 0.15) is 15.9 Å². The van der Waals surface area contributed by atoms with Crippen molar-refractivity contribution >= 4 is 45.2 Å². The zero-order valence-electron chi connectivity index (χ0n) is 14.9. The molecule has 1 aliphatic rings. The summed E-state index contributed by atoms with van der Waals surface area (Å²) in [5.41, 5.74) is 0.804. The fourth-order valence-corrected chi connectivity index (χ4v) is 4.19. The Labute approximate surface area is 158 Å². The number of aryl methyl sites for hydroxylation is 2. The van der Waals surface area contributed by atoms with Gasteiger partial charge in [-0.2, -0.15) is 0 Å². The van der Waals surface area contributed by atoms with Crippen LogP contribution in [-0.2, 0) is 20.1 Å². The Bertz CT molecular complexity index is 901. The molecule has 2 N–H and O–H groups in total. The number of rotatable bonds is 7. The van der Waals surface area contributed by atoms with E-state index in [0.717, 1.165) is 23.3 Å². The lowest BCUT2D eigenvalue weighted by atomic mass is 10.2. The van der Waals surface area contributed by atoms with Gasteiger partial charge in [-0.15, -0.1) is 23.1 Å². The predicted octanol–water partition coefficient (Wildman–Crippen LogP) is 2.04. The van der Waals surface area contributed by atoms with Crippen molar-refractivity contribution in [3.8, 4) is 0 Å². The Kier molecular flexibility index (Phi) is 5.67. The highest BCUT2D eigenvalue weighted by molar-refractivity contribution is 7.99. The van der Waals surface area contributed by atoms with E-state index in [2.05, 4.69) is 15.3 Å². The summed E-state index contributed by atoms with van der Waals surface area (Å²) in [4.78, 5) is 44.8. The van der Waals surface area contributed by atoms with Crippen LogP contribution in [0.4, 0.5) is 0 Å². The number of H-pyrrole nitrogens is 1. The molecule has 1 aliphatic carbocycles. The number of carbonyl (C=O) groups excluding carboxylic acids is 2. The minimum Gasteiger partial charge on any atom is -0.455 e. The van der Waals surface area contributed by atoms with Crippen molar-refractivity contribution in [3.05, 3.63) is 26.6 Å². The summed E-state index contributed by atoms with van der Waals surface area (Å²) >= 11 is 2.80.